The van der Waals surface area contributed by atoms with Crippen LogP contribution in [0.5, 0.6) is 0 Å². The number of carbonyl (C=O) groups excluding carboxylic acids is 1. The van der Waals surface area contributed by atoms with E-state index in [9.17, 15) is 9.18 Å². The monoisotopic (exact) mass is 286 g/mol. The van der Waals surface area contributed by atoms with E-state index in [1.807, 2.05) is 44.2 Å². The van der Waals surface area contributed by atoms with Gasteiger partial charge in [-0.3, -0.25) is 0 Å². The van der Waals surface area contributed by atoms with E-state index in [0.29, 0.717) is 6.54 Å². The van der Waals surface area contributed by atoms with Gasteiger partial charge in [0, 0.05) is 6.54 Å². The number of rotatable bonds is 4. The average molecular weight is 286 g/mol. The number of hydrogen-bond acceptors (Lipinski definition) is 1. The van der Waals surface area contributed by atoms with Crippen molar-refractivity contribution in [3.8, 4) is 0 Å². The van der Waals surface area contributed by atoms with Crippen LogP contribution in [0.25, 0.3) is 0 Å². The first-order valence-electron chi connectivity index (χ1n) is 6.83. The van der Waals surface area contributed by atoms with E-state index in [-0.39, 0.29) is 11.8 Å². The fourth-order valence-electron chi connectivity index (χ4n) is 2.04. The van der Waals surface area contributed by atoms with Crippen LogP contribution in [-0.4, -0.2) is 6.03 Å². The summed E-state index contributed by atoms with van der Waals surface area (Å²) in [6, 6.07) is 15.6. The average Bonchev–Trinajstić information content (AvgIpc) is 2.46. The Morgan fingerprint density at radius 3 is 2.29 bits per heavy atom. The van der Waals surface area contributed by atoms with Gasteiger partial charge in [-0.1, -0.05) is 42.5 Å². The fraction of sp³-hybridized carbons (Fsp3) is 0.235. The minimum atomic E-state index is -0.575. The summed E-state index contributed by atoms with van der Waals surface area (Å²) in [5.74, 6) is -0.289. The van der Waals surface area contributed by atoms with Gasteiger partial charge in [-0.15, -0.1) is 0 Å². The number of hydrogen-bond donors (Lipinski definition) is 2. The molecule has 3 nitrogen and oxygen atoms in total. The van der Waals surface area contributed by atoms with Crippen LogP contribution >= 0.6 is 0 Å². The maximum atomic E-state index is 12.9. The molecule has 110 valence electrons. The first-order valence-corrected chi connectivity index (χ1v) is 6.83. The van der Waals surface area contributed by atoms with Gasteiger partial charge in [-0.2, -0.15) is 0 Å². The van der Waals surface area contributed by atoms with E-state index >= 15 is 0 Å². The zero-order valence-corrected chi connectivity index (χ0v) is 12.2. The lowest BCUT2D eigenvalue weighted by molar-refractivity contribution is 0.229. The summed E-state index contributed by atoms with van der Waals surface area (Å²) < 4.78 is 12.9. The third-order valence-corrected chi connectivity index (χ3v) is 3.29. The molecule has 0 aliphatic heterocycles. The Morgan fingerprint density at radius 2 is 1.67 bits per heavy atom. The third kappa shape index (κ3) is 4.31. The normalized spacial score (nSPS) is 11.0. The van der Waals surface area contributed by atoms with Crippen LogP contribution in [0.15, 0.2) is 54.6 Å². The summed E-state index contributed by atoms with van der Waals surface area (Å²) in [5.41, 5.74) is 1.31. The van der Waals surface area contributed by atoms with Gasteiger partial charge in [-0.25, -0.2) is 9.18 Å². The molecule has 0 aliphatic carbocycles. The van der Waals surface area contributed by atoms with Crippen molar-refractivity contribution >= 4 is 6.03 Å². The van der Waals surface area contributed by atoms with Gasteiger partial charge in [0.25, 0.3) is 0 Å². The minimum Gasteiger partial charge on any atom is -0.334 e. The second-order valence-electron chi connectivity index (χ2n) is 5.43. The molecule has 0 bridgehead atoms. The fourth-order valence-corrected chi connectivity index (χ4v) is 2.04. The molecule has 2 rings (SSSR count). The number of nitrogens with one attached hydrogen (secondary N) is 2. The van der Waals surface area contributed by atoms with Crippen LogP contribution in [0.4, 0.5) is 9.18 Å². The van der Waals surface area contributed by atoms with Gasteiger partial charge in [0.1, 0.15) is 5.82 Å². The minimum absolute atomic E-state index is 0.256. The standard InChI is InChI=1S/C17H19FN2O/c1-17(2,14-8-10-15(18)11-9-14)20-16(21)19-12-13-6-4-3-5-7-13/h3-11H,12H2,1-2H3,(H2,19,20,21). The van der Waals surface area contributed by atoms with Crippen LogP contribution in [0.3, 0.4) is 0 Å². The highest BCUT2D eigenvalue weighted by Gasteiger charge is 2.22. The largest absolute Gasteiger partial charge is 0.334 e. The molecule has 0 saturated heterocycles. The second kappa shape index (κ2) is 6.39. The Bertz CT molecular complexity index is 594. The van der Waals surface area contributed by atoms with Crippen molar-refractivity contribution in [2.45, 2.75) is 25.9 Å². The Hall–Kier alpha value is -2.36. The maximum absolute atomic E-state index is 12.9. The van der Waals surface area contributed by atoms with Gasteiger partial charge in [-0.05, 0) is 37.1 Å². The first kappa shape index (κ1) is 15.0. The topological polar surface area (TPSA) is 41.1 Å². The molecule has 0 aromatic heterocycles. The molecule has 0 radical (unpaired) electrons. The Kier molecular flexibility index (Phi) is 4.58. The highest BCUT2D eigenvalue weighted by molar-refractivity contribution is 5.75. The van der Waals surface area contributed by atoms with Gasteiger partial charge >= 0.3 is 6.03 Å². The zero-order valence-electron chi connectivity index (χ0n) is 12.2. The van der Waals surface area contributed by atoms with Gasteiger partial charge in [0.15, 0.2) is 0 Å². The van der Waals surface area contributed by atoms with Crippen molar-refractivity contribution in [1.82, 2.24) is 10.6 Å². The maximum Gasteiger partial charge on any atom is 0.315 e. The van der Waals surface area contributed by atoms with Crippen LogP contribution in [0.2, 0.25) is 0 Å². The van der Waals surface area contributed by atoms with E-state index in [0.717, 1.165) is 11.1 Å². The molecule has 21 heavy (non-hydrogen) atoms. The van der Waals surface area contributed by atoms with E-state index in [1.54, 1.807) is 12.1 Å². The highest BCUT2D eigenvalue weighted by Crippen LogP contribution is 2.20. The van der Waals surface area contributed by atoms with Gasteiger partial charge < -0.3 is 10.6 Å². The smallest absolute Gasteiger partial charge is 0.315 e. The molecule has 2 aromatic rings. The number of carbonyl (C=O) groups is 1. The molecule has 0 aliphatic rings. The predicted molar refractivity (Wildman–Crippen MR) is 81.2 cm³/mol. The van der Waals surface area contributed by atoms with Crippen molar-refractivity contribution in [2.75, 3.05) is 0 Å². The lowest BCUT2D eigenvalue weighted by atomic mass is 9.94. The van der Waals surface area contributed by atoms with E-state index < -0.39 is 5.54 Å². The lowest BCUT2D eigenvalue weighted by Gasteiger charge is -2.27. The van der Waals surface area contributed by atoms with Crippen molar-refractivity contribution < 1.29 is 9.18 Å². The van der Waals surface area contributed by atoms with Crippen molar-refractivity contribution in [2.24, 2.45) is 0 Å². The molecule has 2 N–H and O–H groups in total. The third-order valence-electron chi connectivity index (χ3n) is 3.29. The van der Waals surface area contributed by atoms with Gasteiger partial charge in [0.2, 0.25) is 0 Å². The second-order valence-corrected chi connectivity index (χ2v) is 5.43. The van der Waals surface area contributed by atoms with Crippen molar-refractivity contribution in [1.29, 1.82) is 0 Å². The molecule has 0 spiro atoms. The van der Waals surface area contributed by atoms with Crippen LogP contribution in [-0.2, 0) is 12.1 Å². The SMILES string of the molecule is CC(C)(NC(=O)NCc1ccccc1)c1ccc(F)cc1. The number of amides is 2. The molecule has 0 saturated carbocycles. The summed E-state index contributed by atoms with van der Waals surface area (Å²) in [7, 11) is 0. The molecule has 2 aromatic carbocycles. The van der Waals surface area contributed by atoms with Crippen LogP contribution in [0.1, 0.15) is 25.0 Å². The molecular formula is C17H19FN2O. The first-order chi connectivity index (χ1) is 9.97. The molecular weight excluding hydrogens is 267 g/mol. The van der Waals surface area contributed by atoms with E-state index in [2.05, 4.69) is 10.6 Å². The van der Waals surface area contributed by atoms with Crippen molar-refractivity contribution in [3.05, 3.63) is 71.5 Å². The van der Waals surface area contributed by atoms with E-state index in [4.69, 9.17) is 0 Å². The molecule has 4 heteroatoms. The Labute approximate surface area is 124 Å². The van der Waals surface area contributed by atoms with Gasteiger partial charge in [0.05, 0.1) is 5.54 Å². The molecule has 0 unspecified atom stereocenters. The zero-order chi connectivity index (χ0) is 15.3. The quantitative estimate of drug-likeness (QED) is 0.886. The molecule has 0 atom stereocenters. The van der Waals surface area contributed by atoms with Crippen molar-refractivity contribution in [3.63, 3.8) is 0 Å². The summed E-state index contributed by atoms with van der Waals surface area (Å²) in [4.78, 5) is 12.0. The molecule has 0 heterocycles. The van der Waals surface area contributed by atoms with E-state index in [1.165, 1.54) is 12.1 Å². The predicted octanol–water partition coefficient (Wildman–Crippen LogP) is 3.56. The lowest BCUT2D eigenvalue weighted by Crippen LogP contribution is -2.46. The number of halogens is 1. The summed E-state index contributed by atoms with van der Waals surface area (Å²) in [6.45, 7) is 4.22. The Balaban J connectivity index is 1.93. The molecule has 0 fully saturated rings. The summed E-state index contributed by atoms with van der Waals surface area (Å²) in [5, 5.41) is 5.70. The summed E-state index contributed by atoms with van der Waals surface area (Å²) >= 11 is 0. The van der Waals surface area contributed by atoms with Crippen LogP contribution < -0.4 is 10.6 Å². The number of urea groups is 1. The number of benzene rings is 2. The Morgan fingerprint density at radius 1 is 1.05 bits per heavy atom. The van der Waals surface area contributed by atoms with Crippen LogP contribution in [0, 0.1) is 5.82 Å². The summed E-state index contributed by atoms with van der Waals surface area (Å²) in [6.07, 6.45) is 0. The molecule has 2 amide bonds. The highest BCUT2D eigenvalue weighted by atomic mass is 19.1.